The van der Waals surface area contributed by atoms with Crippen molar-refractivity contribution in [2.45, 2.75) is 45.1 Å². The molecule has 1 aromatic carbocycles. The third kappa shape index (κ3) is 2.13. The molecule has 0 saturated heterocycles. The summed E-state index contributed by atoms with van der Waals surface area (Å²) in [5, 5.41) is 3.72. The topological polar surface area (TPSA) is 21.3 Å². The molecule has 0 bridgehead atoms. The van der Waals surface area contributed by atoms with Gasteiger partial charge in [0, 0.05) is 18.2 Å². The summed E-state index contributed by atoms with van der Waals surface area (Å²) in [6.07, 6.45) is 6.46. The smallest absolute Gasteiger partial charge is 0.122 e. The van der Waals surface area contributed by atoms with Gasteiger partial charge in [0.15, 0.2) is 0 Å². The second kappa shape index (κ2) is 4.59. The molecule has 0 spiro atoms. The van der Waals surface area contributed by atoms with Gasteiger partial charge in [-0.25, -0.2) is 0 Å². The molecular formula is C15H21NO. The lowest BCUT2D eigenvalue weighted by atomic mass is 10.0. The van der Waals surface area contributed by atoms with Gasteiger partial charge in [-0.3, -0.25) is 0 Å². The van der Waals surface area contributed by atoms with Crippen LogP contribution in [-0.4, -0.2) is 12.6 Å². The summed E-state index contributed by atoms with van der Waals surface area (Å²) in [6.45, 7) is 3.15. The molecule has 92 valence electrons. The lowest BCUT2D eigenvalue weighted by Crippen LogP contribution is -2.23. The summed E-state index contributed by atoms with van der Waals surface area (Å²) in [7, 11) is 0. The van der Waals surface area contributed by atoms with Crippen LogP contribution in [0.2, 0.25) is 0 Å². The molecule has 1 aromatic rings. The first-order chi connectivity index (χ1) is 8.36. The van der Waals surface area contributed by atoms with Crippen LogP contribution in [0, 0.1) is 5.92 Å². The second-order valence-corrected chi connectivity index (χ2v) is 5.27. The minimum absolute atomic E-state index is 0.681. The SMILES string of the molecule is CCC1CCCC1Nc1ccc2c(c1)CCO2. The second-order valence-electron chi connectivity index (χ2n) is 5.27. The number of nitrogens with one attached hydrogen (secondary N) is 1. The fourth-order valence-corrected chi connectivity index (χ4v) is 3.21. The van der Waals surface area contributed by atoms with Gasteiger partial charge in [0.05, 0.1) is 6.61 Å². The average Bonchev–Trinajstić information content (AvgIpc) is 2.96. The third-order valence-corrected chi connectivity index (χ3v) is 4.22. The molecule has 2 nitrogen and oxygen atoms in total. The van der Waals surface area contributed by atoms with Crippen LogP contribution in [0.5, 0.6) is 5.75 Å². The van der Waals surface area contributed by atoms with Crippen LogP contribution < -0.4 is 10.1 Å². The molecule has 17 heavy (non-hydrogen) atoms. The molecule has 1 aliphatic carbocycles. The summed E-state index contributed by atoms with van der Waals surface area (Å²) in [5.74, 6) is 1.94. The first-order valence-electron chi connectivity index (χ1n) is 6.89. The van der Waals surface area contributed by atoms with E-state index in [9.17, 15) is 0 Å². The number of benzene rings is 1. The Kier molecular flexibility index (Phi) is 2.96. The molecule has 1 N–H and O–H groups in total. The van der Waals surface area contributed by atoms with Crippen molar-refractivity contribution in [2.24, 2.45) is 5.92 Å². The van der Waals surface area contributed by atoms with Crippen LogP contribution in [0.25, 0.3) is 0 Å². The van der Waals surface area contributed by atoms with Gasteiger partial charge in [0.1, 0.15) is 5.75 Å². The number of hydrogen-bond acceptors (Lipinski definition) is 2. The predicted molar refractivity (Wildman–Crippen MR) is 70.7 cm³/mol. The molecule has 1 aliphatic heterocycles. The van der Waals surface area contributed by atoms with E-state index < -0.39 is 0 Å². The highest BCUT2D eigenvalue weighted by Crippen LogP contribution is 2.33. The van der Waals surface area contributed by atoms with Crippen molar-refractivity contribution < 1.29 is 4.74 Å². The molecule has 0 aromatic heterocycles. The van der Waals surface area contributed by atoms with Crippen LogP contribution in [0.4, 0.5) is 5.69 Å². The molecule has 2 heteroatoms. The van der Waals surface area contributed by atoms with E-state index in [1.165, 1.54) is 36.9 Å². The number of rotatable bonds is 3. The van der Waals surface area contributed by atoms with Crippen molar-refractivity contribution in [1.29, 1.82) is 0 Å². The van der Waals surface area contributed by atoms with E-state index in [1.807, 2.05) is 0 Å². The molecule has 0 amide bonds. The molecule has 3 rings (SSSR count). The summed E-state index contributed by atoms with van der Waals surface area (Å²) < 4.78 is 5.54. The molecular weight excluding hydrogens is 210 g/mol. The Hall–Kier alpha value is -1.18. The highest BCUT2D eigenvalue weighted by Gasteiger charge is 2.25. The molecule has 2 aliphatic rings. The van der Waals surface area contributed by atoms with Crippen LogP contribution in [-0.2, 0) is 6.42 Å². The summed E-state index contributed by atoms with van der Waals surface area (Å²) in [4.78, 5) is 0. The van der Waals surface area contributed by atoms with Crippen LogP contribution >= 0.6 is 0 Å². The normalized spacial score (nSPS) is 26.6. The highest BCUT2D eigenvalue weighted by atomic mass is 16.5. The van der Waals surface area contributed by atoms with Gasteiger partial charge in [-0.05, 0) is 42.5 Å². The average molecular weight is 231 g/mol. The Balaban J connectivity index is 1.72. The van der Waals surface area contributed by atoms with Gasteiger partial charge < -0.3 is 10.1 Å². The minimum atomic E-state index is 0.681. The van der Waals surface area contributed by atoms with Crippen LogP contribution in [0.3, 0.4) is 0 Å². The maximum absolute atomic E-state index is 5.54. The molecule has 1 fully saturated rings. The van der Waals surface area contributed by atoms with E-state index in [2.05, 4.69) is 30.4 Å². The van der Waals surface area contributed by atoms with Gasteiger partial charge >= 0.3 is 0 Å². The summed E-state index contributed by atoms with van der Waals surface area (Å²) >= 11 is 0. The largest absolute Gasteiger partial charge is 0.493 e. The molecule has 2 atom stereocenters. The van der Waals surface area contributed by atoms with Crippen molar-refractivity contribution >= 4 is 5.69 Å². The maximum atomic E-state index is 5.54. The van der Waals surface area contributed by atoms with Crippen molar-refractivity contribution in [2.75, 3.05) is 11.9 Å². The first kappa shape index (κ1) is 10.9. The number of fused-ring (bicyclic) bond motifs is 1. The van der Waals surface area contributed by atoms with E-state index in [-0.39, 0.29) is 0 Å². The zero-order valence-corrected chi connectivity index (χ0v) is 10.5. The zero-order chi connectivity index (χ0) is 11.7. The Bertz CT molecular complexity index is 402. The van der Waals surface area contributed by atoms with Gasteiger partial charge in [-0.15, -0.1) is 0 Å². The Morgan fingerprint density at radius 2 is 2.29 bits per heavy atom. The van der Waals surface area contributed by atoms with Gasteiger partial charge in [0.25, 0.3) is 0 Å². The lowest BCUT2D eigenvalue weighted by Gasteiger charge is -2.21. The minimum Gasteiger partial charge on any atom is -0.493 e. The number of ether oxygens (including phenoxy) is 1. The Morgan fingerprint density at radius 3 is 3.18 bits per heavy atom. The maximum Gasteiger partial charge on any atom is 0.122 e. The Labute approximate surface area is 103 Å². The predicted octanol–water partition coefficient (Wildman–Crippen LogP) is 3.61. The quantitative estimate of drug-likeness (QED) is 0.858. The van der Waals surface area contributed by atoms with Crippen LogP contribution in [0.15, 0.2) is 18.2 Å². The van der Waals surface area contributed by atoms with E-state index in [0.717, 1.165) is 24.7 Å². The van der Waals surface area contributed by atoms with Crippen molar-refractivity contribution in [3.8, 4) is 5.75 Å². The lowest BCUT2D eigenvalue weighted by molar-refractivity contribution is 0.357. The van der Waals surface area contributed by atoms with Crippen molar-refractivity contribution in [3.05, 3.63) is 23.8 Å². The zero-order valence-electron chi connectivity index (χ0n) is 10.5. The van der Waals surface area contributed by atoms with Gasteiger partial charge in [0.2, 0.25) is 0 Å². The third-order valence-electron chi connectivity index (χ3n) is 4.22. The Morgan fingerprint density at radius 1 is 1.35 bits per heavy atom. The van der Waals surface area contributed by atoms with Crippen molar-refractivity contribution in [1.82, 2.24) is 0 Å². The number of anilines is 1. The first-order valence-corrected chi connectivity index (χ1v) is 6.89. The molecule has 2 unspecified atom stereocenters. The molecule has 1 saturated carbocycles. The molecule has 0 radical (unpaired) electrons. The van der Waals surface area contributed by atoms with Gasteiger partial charge in [-0.2, -0.15) is 0 Å². The van der Waals surface area contributed by atoms with E-state index in [4.69, 9.17) is 4.74 Å². The van der Waals surface area contributed by atoms with E-state index in [0.29, 0.717) is 6.04 Å². The van der Waals surface area contributed by atoms with E-state index in [1.54, 1.807) is 0 Å². The summed E-state index contributed by atoms with van der Waals surface area (Å²) in [5.41, 5.74) is 2.64. The van der Waals surface area contributed by atoms with Crippen molar-refractivity contribution in [3.63, 3.8) is 0 Å². The standard InChI is InChI=1S/C15H21NO/c1-2-11-4-3-5-14(11)16-13-6-7-15-12(10-13)8-9-17-15/h6-7,10-11,14,16H,2-5,8-9H2,1H3. The molecule has 1 heterocycles. The summed E-state index contributed by atoms with van der Waals surface area (Å²) in [6, 6.07) is 7.23. The fourth-order valence-electron chi connectivity index (χ4n) is 3.21. The van der Waals surface area contributed by atoms with E-state index >= 15 is 0 Å². The highest BCUT2D eigenvalue weighted by molar-refractivity contribution is 5.53. The van der Waals surface area contributed by atoms with Gasteiger partial charge in [-0.1, -0.05) is 19.8 Å². The monoisotopic (exact) mass is 231 g/mol. The van der Waals surface area contributed by atoms with Crippen LogP contribution in [0.1, 0.15) is 38.2 Å². The number of hydrogen-bond donors (Lipinski definition) is 1. The fraction of sp³-hybridized carbons (Fsp3) is 0.600.